The van der Waals surface area contributed by atoms with Gasteiger partial charge in [-0.3, -0.25) is 9.50 Å². The fourth-order valence-electron chi connectivity index (χ4n) is 3.88. The standard InChI is InChI=1S/C19H20N8O2S/c20-30(28,29)15-3-4-17-22-10-16(27(17)12-15)19-21-6-5-18(25-19)26-7-1-2-13(11-26)14-8-23-24-9-14/h3-6,8-10,12-13H,1-2,7,11H2,(H,23,24)(H2,20,28,29). The van der Waals surface area contributed by atoms with Crippen molar-refractivity contribution in [2.45, 2.75) is 23.7 Å². The first-order valence-corrected chi connectivity index (χ1v) is 11.1. The van der Waals surface area contributed by atoms with Gasteiger partial charge in [-0.05, 0) is 36.6 Å². The second kappa shape index (κ2) is 7.18. The van der Waals surface area contributed by atoms with E-state index in [2.05, 4.69) is 25.1 Å². The zero-order valence-electron chi connectivity index (χ0n) is 16.0. The third-order valence-corrected chi connectivity index (χ3v) is 6.31. The highest BCUT2D eigenvalue weighted by atomic mass is 32.2. The summed E-state index contributed by atoms with van der Waals surface area (Å²) in [6.07, 6.45) is 10.8. The Bertz CT molecular complexity index is 1300. The van der Waals surface area contributed by atoms with Crippen LogP contribution in [0, 0.1) is 0 Å². The minimum absolute atomic E-state index is 0.00406. The summed E-state index contributed by atoms with van der Waals surface area (Å²) in [5, 5.41) is 12.2. The summed E-state index contributed by atoms with van der Waals surface area (Å²) in [5.41, 5.74) is 2.39. The molecule has 1 fully saturated rings. The van der Waals surface area contributed by atoms with Crippen LogP contribution in [0.25, 0.3) is 17.2 Å². The summed E-state index contributed by atoms with van der Waals surface area (Å²) in [5.74, 6) is 1.69. The van der Waals surface area contributed by atoms with Crippen molar-refractivity contribution in [2.75, 3.05) is 18.0 Å². The molecule has 0 bridgehead atoms. The minimum Gasteiger partial charge on any atom is -0.356 e. The van der Waals surface area contributed by atoms with Crippen LogP contribution in [-0.2, 0) is 10.0 Å². The van der Waals surface area contributed by atoms with E-state index in [1.165, 1.54) is 17.8 Å². The Morgan fingerprint density at radius 3 is 2.87 bits per heavy atom. The number of sulfonamides is 1. The fourth-order valence-corrected chi connectivity index (χ4v) is 4.40. The predicted molar refractivity (Wildman–Crippen MR) is 110 cm³/mol. The molecule has 154 valence electrons. The van der Waals surface area contributed by atoms with Gasteiger partial charge in [0.05, 0.1) is 17.3 Å². The zero-order chi connectivity index (χ0) is 20.7. The van der Waals surface area contributed by atoms with Gasteiger partial charge in [0.2, 0.25) is 10.0 Å². The summed E-state index contributed by atoms with van der Waals surface area (Å²) in [4.78, 5) is 15.7. The van der Waals surface area contributed by atoms with Crippen molar-refractivity contribution < 1.29 is 8.42 Å². The maximum Gasteiger partial charge on any atom is 0.239 e. The lowest BCUT2D eigenvalue weighted by Crippen LogP contribution is -2.34. The van der Waals surface area contributed by atoms with Gasteiger partial charge < -0.3 is 4.90 Å². The normalized spacial score (nSPS) is 17.5. The number of hydrogen-bond donors (Lipinski definition) is 2. The Kier molecular flexibility index (Phi) is 4.48. The summed E-state index contributed by atoms with van der Waals surface area (Å²) < 4.78 is 25.1. The summed E-state index contributed by atoms with van der Waals surface area (Å²) >= 11 is 0. The predicted octanol–water partition coefficient (Wildman–Crippen LogP) is 1.55. The molecule has 1 aliphatic heterocycles. The Morgan fingerprint density at radius 1 is 1.17 bits per heavy atom. The molecule has 10 nitrogen and oxygen atoms in total. The number of aromatic amines is 1. The van der Waals surface area contributed by atoms with Crippen molar-refractivity contribution in [1.82, 2.24) is 29.5 Å². The highest BCUT2D eigenvalue weighted by Crippen LogP contribution is 2.29. The van der Waals surface area contributed by atoms with Crippen molar-refractivity contribution in [3.8, 4) is 11.5 Å². The Balaban J connectivity index is 1.49. The van der Waals surface area contributed by atoms with E-state index < -0.39 is 10.0 Å². The lowest BCUT2D eigenvalue weighted by molar-refractivity contribution is 0.507. The van der Waals surface area contributed by atoms with Crippen LogP contribution >= 0.6 is 0 Å². The van der Waals surface area contributed by atoms with E-state index in [4.69, 9.17) is 10.1 Å². The first kappa shape index (κ1) is 18.7. The molecule has 4 aromatic rings. The van der Waals surface area contributed by atoms with Gasteiger partial charge in [0.1, 0.15) is 17.2 Å². The molecule has 0 saturated carbocycles. The lowest BCUT2D eigenvalue weighted by atomic mass is 9.93. The molecule has 0 amide bonds. The minimum atomic E-state index is -3.83. The van der Waals surface area contributed by atoms with Gasteiger partial charge >= 0.3 is 0 Å². The van der Waals surface area contributed by atoms with Gasteiger partial charge in [0.25, 0.3) is 0 Å². The molecule has 0 radical (unpaired) electrons. The molecule has 0 spiro atoms. The van der Waals surface area contributed by atoms with E-state index in [0.717, 1.165) is 31.7 Å². The molecular formula is C19H20N8O2S. The summed E-state index contributed by atoms with van der Waals surface area (Å²) in [6.45, 7) is 1.76. The summed E-state index contributed by atoms with van der Waals surface area (Å²) in [7, 11) is -3.83. The molecule has 1 atom stereocenters. The fraction of sp³-hybridized carbons (Fsp3) is 0.263. The average Bonchev–Trinajstić information content (AvgIpc) is 3.43. The third kappa shape index (κ3) is 3.42. The zero-order valence-corrected chi connectivity index (χ0v) is 16.8. The molecule has 4 aromatic heterocycles. The number of fused-ring (bicyclic) bond motifs is 1. The van der Waals surface area contributed by atoms with E-state index >= 15 is 0 Å². The first-order chi connectivity index (χ1) is 14.5. The number of nitrogens with two attached hydrogens (primary N) is 1. The molecule has 0 aliphatic carbocycles. The second-order valence-corrected chi connectivity index (χ2v) is 8.90. The van der Waals surface area contributed by atoms with Crippen LogP contribution in [0.1, 0.15) is 24.3 Å². The molecule has 1 aliphatic rings. The molecule has 5 heterocycles. The van der Waals surface area contributed by atoms with E-state index in [9.17, 15) is 8.42 Å². The number of piperidine rings is 1. The number of primary sulfonamides is 1. The van der Waals surface area contributed by atoms with E-state index in [-0.39, 0.29) is 4.90 Å². The Labute approximate surface area is 172 Å². The molecule has 1 unspecified atom stereocenters. The number of aromatic nitrogens is 6. The molecule has 0 aromatic carbocycles. The molecule has 3 N–H and O–H groups in total. The van der Waals surface area contributed by atoms with Crippen LogP contribution in [0.4, 0.5) is 5.82 Å². The summed E-state index contributed by atoms with van der Waals surface area (Å²) in [6, 6.07) is 4.93. The largest absolute Gasteiger partial charge is 0.356 e. The van der Waals surface area contributed by atoms with Gasteiger partial charge in [0.15, 0.2) is 5.82 Å². The Hall–Kier alpha value is -3.31. The van der Waals surface area contributed by atoms with Gasteiger partial charge in [-0.15, -0.1) is 0 Å². The van der Waals surface area contributed by atoms with E-state index in [1.54, 1.807) is 22.9 Å². The van der Waals surface area contributed by atoms with Crippen molar-refractivity contribution in [1.29, 1.82) is 0 Å². The average molecular weight is 424 g/mol. The molecule has 1 saturated heterocycles. The number of nitrogens with one attached hydrogen (secondary N) is 1. The molecule has 11 heteroatoms. The smallest absolute Gasteiger partial charge is 0.239 e. The van der Waals surface area contributed by atoms with E-state index in [1.807, 2.05) is 18.5 Å². The maximum atomic E-state index is 11.7. The van der Waals surface area contributed by atoms with Crippen LogP contribution < -0.4 is 10.0 Å². The number of hydrogen-bond acceptors (Lipinski definition) is 7. The number of H-pyrrole nitrogens is 1. The van der Waals surface area contributed by atoms with Crippen LogP contribution in [0.3, 0.4) is 0 Å². The highest BCUT2D eigenvalue weighted by Gasteiger charge is 2.23. The number of pyridine rings is 1. The van der Waals surface area contributed by atoms with Crippen LogP contribution in [0.15, 0.2) is 54.1 Å². The van der Waals surface area contributed by atoms with Gasteiger partial charge in [-0.2, -0.15) is 5.10 Å². The van der Waals surface area contributed by atoms with Crippen molar-refractivity contribution in [3.05, 3.63) is 54.7 Å². The third-order valence-electron chi connectivity index (χ3n) is 5.41. The first-order valence-electron chi connectivity index (χ1n) is 9.56. The number of nitrogens with zero attached hydrogens (tertiary/aromatic N) is 6. The van der Waals surface area contributed by atoms with Crippen molar-refractivity contribution in [3.63, 3.8) is 0 Å². The van der Waals surface area contributed by atoms with Crippen molar-refractivity contribution in [2.24, 2.45) is 5.14 Å². The van der Waals surface area contributed by atoms with Crippen LogP contribution in [-0.4, -0.2) is 51.1 Å². The Morgan fingerprint density at radius 2 is 2.07 bits per heavy atom. The van der Waals surface area contributed by atoms with Gasteiger partial charge in [0, 0.05) is 37.6 Å². The van der Waals surface area contributed by atoms with Crippen LogP contribution in [0.5, 0.6) is 0 Å². The monoisotopic (exact) mass is 424 g/mol. The van der Waals surface area contributed by atoms with Gasteiger partial charge in [-0.1, -0.05) is 0 Å². The number of rotatable bonds is 4. The lowest BCUT2D eigenvalue weighted by Gasteiger charge is -2.33. The van der Waals surface area contributed by atoms with Crippen LogP contribution in [0.2, 0.25) is 0 Å². The molecule has 30 heavy (non-hydrogen) atoms. The quantitative estimate of drug-likeness (QED) is 0.507. The topological polar surface area (TPSA) is 135 Å². The van der Waals surface area contributed by atoms with Crippen molar-refractivity contribution >= 4 is 21.5 Å². The highest BCUT2D eigenvalue weighted by molar-refractivity contribution is 7.89. The SMILES string of the molecule is NS(=O)(=O)c1ccc2ncc(-c3nccc(N4CCCC(c5cn[nH]c5)C4)n3)n2c1. The number of anilines is 1. The van der Waals surface area contributed by atoms with E-state index in [0.29, 0.717) is 23.1 Å². The molecule has 5 rings (SSSR count). The number of imidazole rings is 1. The van der Waals surface area contributed by atoms with Gasteiger partial charge in [-0.25, -0.2) is 28.5 Å². The maximum absolute atomic E-state index is 11.7. The molecular weight excluding hydrogens is 404 g/mol. The second-order valence-electron chi connectivity index (χ2n) is 7.34.